The minimum absolute atomic E-state index is 0.00396. The fourth-order valence-corrected chi connectivity index (χ4v) is 3.44. The number of carbonyl (C=O) groups excluding carboxylic acids is 1. The van der Waals surface area contributed by atoms with E-state index in [1.807, 2.05) is 12.5 Å². The second kappa shape index (κ2) is 8.09. The topological polar surface area (TPSA) is 59.8 Å². The van der Waals surface area contributed by atoms with Crippen LogP contribution in [0.3, 0.4) is 0 Å². The molecule has 7 heteroatoms. The second-order valence-electron chi connectivity index (χ2n) is 7.00. The van der Waals surface area contributed by atoms with Crippen LogP contribution in [0, 0.1) is 5.92 Å². The van der Waals surface area contributed by atoms with Gasteiger partial charge in [-0.05, 0) is 18.8 Å². The van der Waals surface area contributed by atoms with Gasteiger partial charge in [0, 0.05) is 53.1 Å². The number of carbonyl (C=O) groups is 1. The summed E-state index contributed by atoms with van der Waals surface area (Å²) in [7, 11) is 3.49. The highest BCUT2D eigenvalue weighted by Gasteiger charge is 2.27. The monoisotopic (exact) mass is 336 g/mol. The Morgan fingerprint density at radius 2 is 2.21 bits per heavy atom. The van der Waals surface area contributed by atoms with Gasteiger partial charge >= 0.3 is 0 Å². The molecule has 0 spiro atoms. The zero-order valence-corrected chi connectivity index (χ0v) is 14.7. The van der Waals surface area contributed by atoms with Crippen LogP contribution < -0.4 is 0 Å². The van der Waals surface area contributed by atoms with Gasteiger partial charge in [0.25, 0.3) is 0 Å². The molecule has 1 unspecified atom stereocenters. The molecule has 1 atom stereocenters. The molecule has 3 heterocycles. The van der Waals surface area contributed by atoms with Crippen molar-refractivity contribution in [3.8, 4) is 0 Å². The van der Waals surface area contributed by atoms with Crippen LogP contribution in [0.2, 0.25) is 0 Å². The lowest BCUT2D eigenvalue weighted by Gasteiger charge is -2.37. The molecule has 3 rings (SSSR count). The van der Waals surface area contributed by atoms with Crippen LogP contribution in [-0.4, -0.2) is 78.9 Å². The Bertz CT molecular complexity index is 540. The molecule has 24 heavy (non-hydrogen) atoms. The number of fused-ring (bicyclic) bond motifs is 1. The van der Waals surface area contributed by atoms with Gasteiger partial charge in [0.2, 0.25) is 5.91 Å². The summed E-state index contributed by atoms with van der Waals surface area (Å²) in [5, 5.41) is 0. The molecule has 7 nitrogen and oxygen atoms in total. The second-order valence-corrected chi connectivity index (χ2v) is 7.00. The van der Waals surface area contributed by atoms with E-state index in [4.69, 9.17) is 9.47 Å². The summed E-state index contributed by atoms with van der Waals surface area (Å²) in [6.07, 6.45) is 6.11. The van der Waals surface area contributed by atoms with Crippen LogP contribution in [0.15, 0.2) is 12.5 Å². The van der Waals surface area contributed by atoms with Crippen molar-refractivity contribution in [2.24, 2.45) is 5.92 Å². The maximum atomic E-state index is 11.7. The van der Waals surface area contributed by atoms with Crippen molar-refractivity contribution in [3.63, 3.8) is 0 Å². The first-order chi connectivity index (χ1) is 11.6. The third-order valence-electron chi connectivity index (χ3n) is 4.89. The van der Waals surface area contributed by atoms with Gasteiger partial charge in [0.05, 0.1) is 24.7 Å². The Morgan fingerprint density at radius 3 is 2.96 bits per heavy atom. The predicted octanol–water partition coefficient (Wildman–Crippen LogP) is 0.771. The molecule has 0 aliphatic carbocycles. The van der Waals surface area contributed by atoms with Crippen molar-refractivity contribution < 1.29 is 14.3 Å². The smallest absolute Gasteiger partial charge is 0.248 e. The average Bonchev–Trinajstić information content (AvgIpc) is 3.04. The number of ether oxygens (including phenoxy) is 2. The molecule has 0 aromatic carbocycles. The number of nitrogens with zero attached hydrogens (tertiary/aromatic N) is 4. The van der Waals surface area contributed by atoms with Crippen LogP contribution in [0.1, 0.15) is 24.6 Å². The van der Waals surface area contributed by atoms with Gasteiger partial charge in [-0.2, -0.15) is 0 Å². The molecule has 0 N–H and O–H groups in total. The van der Waals surface area contributed by atoms with Gasteiger partial charge in [0.15, 0.2) is 0 Å². The molecule has 1 aromatic heterocycles. The van der Waals surface area contributed by atoms with Crippen molar-refractivity contribution in [2.75, 3.05) is 53.6 Å². The lowest BCUT2D eigenvalue weighted by Crippen LogP contribution is -2.42. The van der Waals surface area contributed by atoms with E-state index in [1.165, 1.54) is 5.69 Å². The Morgan fingerprint density at radius 1 is 1.42 bits per heavy atom. The van der Waals surface area contributed by atoms with Crippen LogP contribution in [0.4, 0.5) is 0 Å². The summed E-state index contributed by atoms with van der Waals surface area (Å²) < 4.78 is 13.3. The summed E-state index contributed by atoms with van der Waals surface area (Å²) in [6.45, 7) is 5.41. The first-order valence-corrected chi connectivity index (χ1v) is 8.72. The predicted molar refractivity (Wildman–Crippen MR) is 89.6 cm³/mol. The van der Waals surface area contributed by atoms with Crippen LogP contribution in [0.25, 0.3) is 0 Å². The fourth-order valence-electron chi connectivity index (χ4n) is 3.44. The molecule has 2 aliphatic heterocycles. The molecule has 1 saturated heterocycles. The van der Waals surface area contributed by atoms with E-state index in [-0.39, 0.29) is 18.6 Å². The van der Waals surface area contributed by atoms with Crippen molar-refractivity contribution in [2.45, 2.75) is 25.4 Å². The van der Waals surface area contributed by atoms with E-state index in [9.17, 15) is 4.79 Å². The normalized spacial score (nSPS) is 22.3. The lowest BCUT2D eigenvalue weighted by atomic mass is 9.99. The molecule has 0 saturated carbocycles. The van der Waals surface area contributed by atoms with E-state index in [0.29, 0.717) is 12.5 Å². The Kier molecular flexibility index (Phi) is 5.86. The highest BCUT2D eigenvalue weighted by Crippen LogP contribution is 2.24. The standard InChI is InChI=1S/C17H28N4O3/c1-19(2)17(22)12-24-11-16-10-20(8-14-3-5-23-6-4-14)9-15-7-18-13-21(15)16/h7,13-14,16H,3-6,8-12H2,1-2H3. The minimum atomic E-state index is -0.00396. The minimum Gasteiger partial charge on any atom is -0.381 e. The van der Waals surface area contributed by atoms with E-state index in [2.05, 4.69) is 14.5 Å². The number of likely N-dealkylation sites (N-methyl/N-ethyl adjacent to an activating group) is 1. The van der Waals surface area contributed by atoms with Crippen LogP contribution in [0.5, 0.6) is 0 Å². The number of imidazole rings is 1. The van der Waals surface area contributed by atoms with Gasteiger partial charge in [-0.3, -0.25) is 9.69 Å². The third kappa shape index (κ3) is 4.34. The molecule has 1 fully saturated rings. The molecular weight excluding hydrogens is 308 g/mol. The Labute approximate surface area is 143 Å². The Hall–Kier alpha value is -1.44. The number of rotatable bonds is 6. The summed E-state index contributed by atoms with van der Waals surface area (Å²) in [5.41, 5.74) is 1.22. The zero-order chi connectivity index (χ0) is 16.9. The molecular formula is C17H28N4O3. The summed E-state index contributed by atoms with van der Waals surface area (Å²) in [6, 6.07) is 0.214. The van der Waals surface area contributed by atoms with Crippen LogP contribution in [-0.2, 0) is 20.8 Å². The molecule has 2 aliphatic rings. The first kappa shape index (κ1) is 17.4. The summed E-state index contributed by atoms with van der Waals surface area (Å²) in [5.74, 6) is 0.709. The number of amides is 1. The highest BCUT2D eigenvalue weighted by molar-refractivity contribution is 5.76. The van der Waals surface area contributed by atoms with Crippen molar-refractivity contribution in [1.82, 2.24) is 19.4 Å². The van der Waals surface area contributed by atoms with Crippen molar-refractivity contribution in [3.05, 3.63) is 18.2 Å². The maximum Gasteiger partial charge on any atom is 0.248 e. The largest absolute Gasteiger partial charge is 0.381 e. The van der Waals surface area contributed by atoms with Gasteiger partial charge < -0.3 is 18.9 Å². The van der Waals surface area contributed by atoms with Crippen molar-refractivity contribution >= 4 is 5.91 Å². The fraction of sp³-hybridized carbons (Fsp3) is 0.765. The summed E-state index contributed by atoms with van der Waals surface area (Å²) >= 11 is 0. The molecule has 1 aromatic rings. The molecule has 0 radical (unpaired) electrons. The van der Waals surface area contributed by atoms with E-state index >= 15 is 0 Å². The summed E-state index contributed by atoms with van der Waals surface area (Å²) in [4.78, 5) is 20.0. The molecule has 134 valence electrons. The molecule has 1 amide bonds. The Balaban J connectivity index is 1.56. The molecule has 0 bridgehead atoms. The number of hydrogen-bond acceptors (Lipinski definition) is 5. The lowest BCUT2D eigenvalue weighted by molar-refractivity contribution is -0.134. The van der Waals surface area contributed by atoms with Crippen LogP contribution >= 0.6 is 0 Å². The van der Waals surface area contributed by atoms with E-state index in [1.54, 1.807) is 19.0 Å². The quantitative estimate of drug-likeness (QED) is 0.768. The maximum absolute atomic E-state index is 11.7. The van der Waals surface area contributed by atoms with Gasteiger partial charge in [-0.15, -0.1) is 0 Å². The van der Waals surface area contributed by atoms with Gasteiger partial charge in [-0.1, -0.05) is 0 Å². The first-order valence-electron chi connectivity index (χ1n) is 8.72. The van der Waals surface area contributed by atoms with Gasteiger partial charge in [0.1, 0.15) is 6.61 Å². The number of hydrogen-bond donors (Lipinski definition) is 0. The SMILES string of the molecule is CN(C)C(=O)COCC1CN(CC2CCOCC2)Cc2cncn21. The average molecular weight is 336 g/mol. The van der Waals surface area contributed by atoms with E-state index < -0.39 is 0 Å². The van der Waals surface area contributed by atoms with Crippen molar-refractivity contribution in [1.29, 1.82) is 0 Å². The highest BCUT2D eigenvalue weighted by atomic mass is 16.5. The van der Waals surface area contributed by atoms with E-state index in [0.717, 1.165) is 45.7 Å². The zero-order valence-electron chi connectivity index (χ0n) is 14.7. The third-order valence-corrected chi connectivity index (χ3v) is 4.89. The van der Waals surface area contributed by atoms with Gasteiger partial charge in [-0.25, -0.2) is 4.98 Å². The number of aromatic nitrogens is 2.